The zero-order chi connectivity index (χ0) is 14.0. The average molecular weight is 255 g/mol. The first-order chi connectivity index (χ1) is 8.11. The van der Waals surface area contributed by atoms with Crippen LogP contribution in [0.3, 0.4) is 0 Å². The molecule has 4 N–H and O–H groups in total. The maximum atomic E-state index is 12.2. The molecule has 18 heavy (non-hydrogen) atoms. The summed E-state index contributed by atoms with van der Waals surface area (Å²) in [6.07, 6.45) is 4.59. The van der Waals surface area contributed by atoms with Crippen molar-refractivity contribution >= 4 is 5.91 Å². The molecule has 0 bridgehead atoms. The van der Waals surface area contributed by atoms with E-state index in [0.717, 1.165) is 32.2 Å². The van der Waals surface area contributed by atoms with Gasteiger partial charge in [0.2, 0.25) is 5.91 Å². The number of carbonyl (C=O) groups is 1. The molecule has 1 aliphatic rings. The lowest BCUT2D eigenvalue weighted by atomic mass is 9.84. The Bertz CT molecular complexity index is 288. The van der Waals surface area contributed by atoms with Crippen molar-refractivity contribution in [2.24, 2.45) is 11.5 Å². The topological polar surface area (TPSA) is 72.3 Å². The van der Waals surface area contributed by atoms with Crippen molar-refractivity contribution in [2.75, 3.05) is 6.54 Å². The van der Waals surface area contributed by atoms with Gasteiger partial charge in [-0.15, -0.1) is 0 Å². The van der Waals surface area contributed by atoms with Gasteiger partial charge >= 0.3 is 0 Å². The van der Waals surface area contributed by atoms with Gasteiger partial charge in [0.05, 0.1) is 6.04 Å². The minimum Gasteiger partial charge on any atom is -0.338 e. The first-order valence-electron chi connectivity index (χ1n) is 6.98. The van der Waals surface area contributed by atoms with Gasteiger partial charge in [-0.2, -0.15) is 0 Å². The van der Waals surface area contributed by atoms with E-state index in [1.807, 2.05) is 32.6 Å². The van der Waals surface area contributed by atoms with Crippen molar-refractivity contribution in [3.05, 3.63) is 0 Å². The summed E-state index contributed by atoms with van der Waals surface area (Å²) in [6.45, 7) is 8.78. The molecule has 1 unspecified atom stereocenters. The lowest BCUT2D eigenvalue weighted by Gasteiger charge is -2.42. The molecule has 0 saturated carbocycles. The molecule has 1 amide bonds. The minimum atomic E-state index is -0.420. The molecule has 0 aliphatic carbocycles. The molecule has 1 saturated heterocycles. The van der Waals surface area contributed by atoms with Gasteiger partial charge < -0.3 is 16.4 Å². The van der Waals surface area contributed by atoms with E-state index < -0.39 is 5.54 Å². The van der Waals surface area contributed by atoms with Crippen LogP contribution >= 0.6 is 0 Å². The van der Waals surface area contributed by atoms with Gasteiger partial charge in [-0.1, -0.05) is 6.42 Å². The number of hydrogen-bond donors (Lipinski definition) is 2. The molecule has 4 heteroatoms. The number of rotatable bonds is 4. The summed E-state index contributed by atoms with van der Waals surface area (Å²) in [5.74, 6) is 0.236. The second-order valence-corrected chi connectivity index (χ2v) is 6.93. The summed E-state index contributed by atoms with van der Waals surface area (Å²) < 4.78 is 0. The first-order valence-corrected chi connectivity index (χ1v) is 6.98. The SMILES string of the molecule is CC(C)(N)CC(N1CCCCCC1=O)C(C)(C)N. The molecule has 1 fully saturated rings. The van der Waals surface area contributed by atoms with Crippen LogP contribution in [0.25, 0.3) is 0 Å². The minimum absolute atomic E-state index is 0.0168. The van der Waals surface area contributed by atoms with Gasteiger partial charge in [0.25, 0.3) is 0 Å². The molecule has 1 rings (SSSR count). The van der Waals surface area contributed by atoms with E-state index in [9.17, 15) is 4.79 Å². The van der Waals surface area contributed by atoms with Crippen LogP contribution in [-0.2, 0) is 4.79 Å². The Hall–Kier alpha value is -0.610. The van der Waals surface area contributed by atoms with Crippen LogP contribution < -0.4 is 11.5 Å². The van der Waals surface area contributed by atoms with E-state index in [1.54, 1.807) is 0 Å². The fraction of sp³-hybridized carbons (Fsp3) is 0.929. The molecule has 0 spiro atoms. The summed E-state index contributed by atoms with van der Waals surface area (Å²) in [5, 5.41) is 0. The third-order valence-corrected chi connectivity index (χ3v) is 3.56. The van der Waals surface area contributed by atoms with Crippen molar-refractivity contribution in [2.45, 2.75) is 76.9 Å². The third-order valence-electron chi connectivity index (χ3n) is 3.56. The quantitative estimate of drug-likeness (QED) is 0.802. The Labute approximate surface area is 111 Å². The molecule has 1 aliphatic heterocycles. The number of amides is 1. The summed E-state index contributed by atoms with van der Waals surface area (Å²) >= 11 is 0. The Kier molecular flexibility index (Phi) is 4.78. The smallest absolute Gasteiger partial charge is 0.222 e. The van der Waals surface area contributed by atoms with Gasteiger partial charge in [0.15, 0.2) is 0 Å². The molecule has 106 valence electrons. The van der Waals surface area contributed by atoms with Crippen LogP contribution in [0.15, 0.2) is 0 Å². The number of nitrogens with two attached hydrogens (primary N) is 2. The van der Waals surface area contributed by atoms with Crippen molar-refractivity contribution in [1.82, 2.24) is 4.90 Å². The maximum Gasteiger partial charge on any atom is 0.222 e. The largest absolute Gasteiger partial charge is 0.338 e. The van der Waals surface area contributed by atoms with Crippen LogP contribution in [0.5, 0.6) is 0 Å². The molecule has 0 aromatic heterocycles. The van der Waals surface area contributed by atoms with Gasteiger partial charge in [-0.3, -0.25) is 4.79 Å². The van der Waals surface area contributed by atoms with E-state index in [-0.39, 0.29) is 17.5 Å². The summed E-state index contributed by atoms with van der Waals surface area (Å²) in [6, 6.07) is 0.0168. The second-order valence-electron chi connectivity index (χ2n) is 6.93. The first kappa shape index (κ1) is 15.4. The Morgan fingerprint density at radius 1 is 1.17 bits per heavy atom. The Balaban J connectivity index is 2.90. The van der Waals surface area contributed by atoms with E-state index in [4.69, 9.17) is 11.5 Å². The van der Waals surface area contributed by atoms with Crippen LogP contribution in [0, 0.1) is 0 Å². The highest BCUT2D eigenvalue weighted by Crippen LogP contribution is 2.25. The van der Waals surface area contributed by atoms with Crippen molar-refractivity contribution in [3.63, 3.8) is 0 Å². The monoisotopic (exact) mass is 255 g/mol. The zero-order valence-electron chi connectivity index (χ0n) is 12.3. The maximum absolute atomic E-state index is 12.2. The van der Waals surface area contributed by atoms with E-state index in [2.05, 4.69) is 0 Å². The molecule has 0 radical (unpaired) electrons. The molecular formula is C14H29N3O. The van der Waals surface area contributed by atoms with Crippen LogP contribution in [0.2, 0.25) is 0 Å². The second kappa shape index (κ2) is 5.57. The van der Waals surface area contributed by atoms with Gasteiger partial charge in [0, 0.05) is 24.0 Å². The van der Waals surface area contributed by atoms with Crippen LogP contribution in [-0.4, -0.2) is 34.5 Å². The number of hydrogen-bond acceptors (Lipinski definition) is 3. The Morgan fingerprint density at radius 2 is 1.78 bits per heavy atom. The van der Waals surface area contributed by atoms with Crippen molar-refractivity contribution in [3.8, 4) is 0 Å². The van der Waals surface area contributed by atoms with E-state index in [1.165, 1.54) is 0 Å². The summed E-state index contributed by atoms with van der Waals surface area (Å²) in [5.41, 5.74) is 11.7. The van der Waals surface area contributed by atoms with E-state index in [0.29, 0.717) is 6.42 Å². The molecule has 0 aromatic rings. The highest BCUT2D eigenvalue weighted by molar-refractivity contribution is 5.77. The normalized spacial score (nSPS) is 20.8. The standard InChI is InChI=1S/C14H29N3O/c1-13(2,15)10-11(14(3,4)16)17-9-7-5-6-8-12(17)18/h11H,5-10,15-16H2,1-4H3. The highest BCUT2D eigenvalue weighted by atomic mass is 16.2. The van der Waals surface area contributed by atoms with E-state index >= 15 is 0 Å². The van der Waals surface area contributed by atoms with Crippen LogP contribution in [0.4, 0.5) is 0 Å². The lowest BCUT2D eigenvalue weighted by molar-refractivity contribution is -0.134. The van der Waals surface area contributed by atoms with Gasteiger partial charge in [-0.25, -0.2) is 0 Å². The van der Waals surface area contributed by atoms with Crippen LogP contribution in [0.1, 0.15) is 59.8 Å². The van der Waals surface area contributed by atoms with Gasteiger partial charge in [0.1, 0.15) is 0 Å². The highest BCUT2D eigenvalue weighted by Gasteiger charge is 2.36. The predicted octanol–water partition coefficient (Wildman–Crippen LogP) is 1.62. The summed E-state index contributed by atoms with van der Waals surface area (Å²) in [7, 11) is 0. The number of carbonyl (C=O) groups excluding carboxylic acids is 1. The molecule has 1 atom stereocenters. The van der Waals surface area contributed by atoms with Crippen molar-refractivity contribution < 1.29 is 4.79 Å². The third kappa shape index (κ3) is 4.58. The molecule has 0 aromatic carbocycles. The lowest BCUT2D eigenvalue weighted by Crippen LogP contribution is -2.59. The zero-order valence-corrected chi connectivity index (χ0v) is 12.3. The number of nitrogens with zero attached hydrogens (tertiary/aromatic N) is 1. The fourth-order valence-corrected chi connectivity index (χ4v) is 2.61. The fourth-order valence-electron chi connectivity index (χ4n) is 2.61. The summed E-state index contributed by atoms with van der Waals surface area (Å²) in [4.78, 5) is 14.2. The molecular weight excluding hydrogens is 226 g/mol. The average Bonchev–Trinajstić information content (AvgIpc) is 2.36. The number of likely N-dealkylation sites (tertiary alicyclic amines) is 1. The Morgan fingerprint density at radius 3 is 2.28 bits per heavy atom. The molecule has 1 heterocycles. The van der Waals surface area contributed by atoms with Gasteiger partial charge in [-0.05, 0) is 47.0 Å². The predicted molar refractivity (Wildman–Crippen MR) is 75.1 cm³/mol. The molecule has 4 nitrogen and oxygen atoms in total. The van der Waals surface area contributed by atoms with Crippen molar-refractivity contribution in [1.29, 1.82) is 0 Å².